The van der Waals surface area contributed by atoms with E-state index in [0.29, 0.717) is 6.42 Å². The fourth-order valence-electron chi connectivity index (χ4n) is 1.45. The molecule has 0 unspecified atom stereocenters. The second-order valence-corrected chi connectivity index (χ2v) is 3.62. The molecule has 16 heavy (non-hydrogen) atoms. The van der Waals surface area contributed by atoms with Crippen molar-refractivity contribution in [1.29, 1.82) is 0 Å². The maximum atomic E-state index is 11.0. The molecule has 0 spiro atoms. The summed E-state index contributed by atoms with van der Waals surface area (Å²) < 4.78 is 0. The third-order valence-electron chi connectivity index (χ3n) is 2.30. The number of nitrogens with two attached hydrogens (primary N) is 1. The summed E-state index contributed by atoms with van der Waals surface area (Å²) in [7, 11) is 0. The first-order valence-electron chi connectivity index (χ1n) is 4.75. The Balaban J connectivity index is 0.00000225. The van der Waals surface area contributed by atoms with E-state index in [-0.39, 0.29) is 18.8 Å². The van der Waals surface area contributed by atoms with Crippen molar-refractivity contribution in [2.45, 2.75) is 18.4 Å². The topological polar surface area (TPSA) is 63.3 Å². The Morgan fingerprint density at radius 3 is 2.44 bits per heavy atom. The zero-order valence-corrected chi connectivity index (χ0v) is 9.74. The number of rotatable bonds is 5. The van der Waals surface area contributed by atoms with Gasteiger partial charge in [0.25, 0.3) is 0 Å². The molecule has 0 radical (unpaired) electrons. The van der Waals surface area contributed by atoms with E-state index in [1.165, 1.54) is 6.08 Å². The lowest BCUT2D eigenvalue weighted by Gasteiger charge is -2.23. The van der Waals surface area contributed by atoms with Crippen LogP contribution < -0.4 is 5.73 Å². The summed E-state index contributed by atoms with van der Waals surface area (Å²) in [5.74, 6) is -0.994. The molecule has 0 aromatic heterocycles. The number of hydrogen-bond donors (Lipinski definition) is 2. The van der Waals surface area contributed by atoms with E-state index >= 15 is 0 Å². The Bertz CT molecular complexity index is 353. The summed E-state index contributed by atoms with van der Waals surface area (Å²) in [6.45, 7) is 3.53. The van der Waals surface area contributed by atoms with Crippen LogP contribution in [0.25, 0.3) is 0 Å². The van der Waals surface area contributed by atoms with Gasteiger partial charge in [0.2, 0.25) is 0 Å². The third-order valence-corrected chi connectivity index (χ3v) is 2.30. The number of aliphatic carboxylic acids is 1. The van der Waals surface area contributed by atoms with Gasteiger partial charge in [-0.2, -0.15) is 0 Å². The molecule has 88 valence electrons. The number of benzene rings is 1. The van der Waals surface area contributed by atoms with Crippen LogP contribution >= 0.6 is 12.4 Å². The average molecular weight is 242 g/mol. The molecule has 1 rings (SSSR count). The zero-order chi connectivity index (χ0) is 11.3. The largest absolute Gasteiger partial charge is 0.480 e. The van der Waals surface area contributed by atoms with Gasteiger partial charge in [-0.1, -0.05) is 36.4 Å². The van der Waals surface area contributed by atoms with Crippen molar-refractivity contribution < 1.29 is 9.90 Å². The molecule has 1 aromatic carbocycles. The van der Waals surface area contributed by atoms with E-state index in [1.807, 2.05) is 30.3 Å². The molecule has 1 atom stereocenters. The average Bonchev–Trinajstić information content (AvgIpc) is 2.19. The molecule has 4 heteroatoms. The van der Waals surface area contributed by atoms with Crippen LogP contribution in [0.15, 0.2) is 43.0 Å². The minimum atomic E-state index is -1.25. The Hall–Kier alpha value is -1.32. The predicted molar refractivity (Wildman–Crippen MR) is 66.8 cm³/mol. The third kappa shape index (κ3) is 3.68. The van der Waals surface area contributed by atoms with Crippen LogP contribution in [0.2, 0.25) is 0 Å². The minimum absolute atomic E-state index is 0. The normalized spacial score (nSPS) is 13.3. The number of carbonyl (C=O) groups is 1. The number of carboxylic acid groups (broad SMARTS) is 1. The second kappa shape index (κ2) is 6.30. The van der Waals surface area contributed by atoms with Gasteiger partial charge >= 0.3 is 5.97 Å². The molecule has 3 nitrogen and oxygen atoms in total. The summed E-state index contributed by atoms with van der Waals surface area (Å²) >= 11 is 0. The molecule has 1 aromatic rings. The first-order valence-corrected chi connectivity index (χ1v) is 4.75. The van der Waals surface area contributed by atoms with Crippen molar-refractivity contribution in [1.82, 2.24) is 0 Å². The van der Waals surface area contributed by atoms with Crippen LogP contribution in [0, 0.1) is 0 Å². The lowest BCUT2D eigenvalue weighted by molar-refractivity contribution is -0.143. The Morgan fingerprint density at radius 2 is 2.00 bits per heavy atom. The number of halogens is 1. The highest BCUT2D eigenvalue weighted by Crippen LogP contribution is 2.15. The van der Waals surface area contributed by atoms with Gasteiger partial charge in [0.15, 0.2) is 0 Å². The standard InChI is InChI=1S/C12H15NO2.ClH/c1-2-8-12(13,11(14)15)9-10-6-4-3-5-7-10;/h2-7H,1,8-9,13H2,(H,14,15);1H/t12-;/m0./s1. The molecule has 0 heterocycles. The van der Waals surface area contributed by atoms with E-state index in [1.54, 1.807) is 0 Å². The summed E-state index contributed by atoms with van der Waals surface area (Å²) in [6, 6.07) is 9.36. The van der Waals surface area contributed by atoms with Gasteiger partial charge in [0, 0.05) is 6.42 Å². The van der Waals surface area contributed by atoms with E-state index in [9.17, 15) is 4.79 Å². The highest BCUT2D eigenvalue weighted by atomic mass is 35.5. The highest BCUT2D eigenvalue weighted by molar-refractivity contribution is 5.85. The van der Waals surface area contributed by atoms with Gasteiger partial charge in [-0.25, -0.2) is 0 Å². The van der Waals surface area contributed by atoms with Crippen molar-refractivity contribution in [2.75, 3.05) is 0 Å². The van der Waals surface area contributed by atoms with Crippen molar-refractivity contribution in [3.63, 3.8) is 0 Å². The van der Waals surface area contributed by atoms with E-state index < -0.39 is 11.5 Å². The fraction of sp³-hybridized carbons (Fsp3) is 0.250. The maximum Gasteiger partial charge on any atom is 0.324 e. The SMILES string of the molecule is C=CC[C@](N)(Cc1ccccc1)C(=O)O.Cl. The highest BCUT2D eigenvalue weighted by Gasteiger charge is 2.32. The van der Waals surface area contributed by atoms with Gasteiger partial charge in [-0.3, -0.25) is 4.79 Å². The molecular formula is C12H16ClNO2. The number of hydrogen-bond acceptors (Lipinski definition) is 2. The van der Waals surface area contributed by atoms with Gasteiger partial charge in [-0.15, -0.1) is 19.0 Å². The zero-order valence-electron chi connectivity index (χ0n) is 8.93. The molecule has 0 saturated heterocycles. The predicted octanol–water partition coefficient (Wildman–Crippen LogP) is 2.01. The Kier molecular flexibility index (Phi) is 5.78. The Labute approximate surface area is 101 Å². The summed E-state index contributed by atoms with van der Waals surface area (Å²) in [5.41, 5.74) is 5.49. The van der Waals surface area contributed by atoms with E-state index in [2.05, 4.69) is 6.58 Å². The first-order chi connectivity index (χ1) is 7.08. The molecule has 0 fully saturated rings. The van der Waals surface area contributed by atoms with Crippen molar-refractivity contribution in [3.05, 3.63) is 48.6 Å². The quantitative estimate of drug-likeness (QED) is 0.776. The van der Waals surface area contributed by atoms with E-state index in [4.69, 9.17) is 10.8 Å². The lowest BCUT2D eigenvalue weighted by Crippen LogP contribution is -2.49. The molecular weight excluding hydrogens is 226 g/mol. The Morgan fingerprint density at radius 1 is 1.44 bits per heavy atom. The van der Waals surface area contributed by atoms with Crippen molar-refractivity contribution in [3.8, 4) is 0 Å². The van der Waals surface area contributed by atoms with Gasteiger partial charge < -0.3 is 10.8 Å². The van der Waals surface area contributed by atoms with Gasteiger partial charge in [0.1, 0.15) is 5.54 Å². The second-order valence-electron chi connectivity index (χ2n) is 3.62. The summed E-state index contributed by atoms with van der Waals surface area (Å²) in [4.78, 5) is 11.0. The summed E-state index contributed by atoms with van der Waals surface area (Å²) in [5, 5.41) is 9.05. The number of carboxylic acids is 1. The molecule has 0 saturated carbocycles. The molecule has 0 aliphatic heterocycles. The lowest BCUT2D eigenvalue weighted by atomic mass is 9.89. The summed E-state index contributed by atoms with van der Waals surface area (Å²) in [6.07, 6.45) is 2.11. The van der Waals surface area contributed by atoms with Crippen molar-refractivity contribution >= 4 is 18.4 Å². The molecule has 0 amide bonds. The van der Waals surface area contributed by atoms with Gasteiger partial charge in [-0.05, 0) is 12.0 Å². The van der Waals surface area contributed by atoms with Crippen molar-refractivity contribution in [2.24, 2.45) is 5.73 Å². The molecule has 0 aliphatic carbocycles. The molecule has 3 N–H and O–H groups in total. The van der Waals surface area contributed by atoms with Crippen LogP contribution in [0.4, 0.5) is 0 Å². The molecule has 0 aliphatic rings. The molecule has 0 bridgehead atoms. The van der Waals surface area contributed by atoms with E-state index in [0.717, 1.165) is 5.56 Å². The minimum Gasteiger partial charge on any atom is -0.480 e. The fourth-order valence-corrected chi connectivity index (χ4v) is 1.45. The van der Waals surface area contributed by atoms with Gasteiger partial charge in [0.05, 0.1) is 0 Å². The monoisotopic (exact) mass is 241 g/mol. The van der Waals surface area contributed by atoms with Crippen LogP contribution in [0.1, 0.15) is 12.0 Å². The van der Waals surface area contributed by atoms with Crippen LogP contribution in [0.5, 0.6) is 0 Å². The maximum absolute atomic E-state index is 11.0. The van der Waals surface area contributed by atoms with Crippen LogP contribution in [-0.2, 0) is 11.2 Å². The smallest absolute Gasteiger partial charge is 0.324 e. The first kappa shape index (κ1) is 14.7. The van der Waals surface area contributed by atoms with Crippen LogP contribution in [-0.4, -0.2) is 16.6 Å². The van der Waals surface area contributed by atoms with Crippen LogP contribution in [0.3, 0.4) is 0 Å².